The molecule has 0 saturated carbocycles. The molecule has 5 nitrogen and oxygen atoms in total. The maximum atomic E-state index is 12.5. The number of nitrogens with zero attached hydrogens (tertiary/aromatic N) is 2. The molecule has 0 unspecified atom stereocenters. The summed E-state index contributed by atoms with van der Waals surface area (Å²) in [7, 11) is 1.56. The lowest BCUT2D eigenvalue weighted by molar-refractivity contribution is -0.140. The minimum atomic E-state index is -4.44. The molecule has 11 heteroatoms. The lowest BCUT2D eigenvalue weighted by atomic mass is 10.2. The fourth-order valence-electron chi connectivity index (χ4n) is 2.15. The van der Waals surface area contributed by atoms with Crippen LogP contribution in [0, 0.1) is 0 Å². The fourth-order valence-corrected chi connectivity index (χ4v) is 2.96. The van der Waals surface area contributed by atoms with Crippen molar-refractivity contribution in [2.75, 3.05) is 20.2 Å². The van der Waals surface area contributed by atoms with Gasteiger partial charge >= 0.3 is 6.18 Å². The number of ether oxygens (including phenoxy) is 1. The molecule has 0 saturated heterocycles. The van der Waals surface area contributed by atoms with Crippen molar-refractivity contribution in [3.8, 4) is 5.75 Å². The van der Waals surface area contributed by atoms with Crippen LogP contribution in [0.25, 0.3) is 0 Å². The highest BCUT2D eigenvalue weighted by atomic mass is 32.1. The van der Waals surface area contributed by atoms with Crippen LogP contribution in [0.2, 0.25) is 0 Å². The third-order valence-electron chi connectivity index (χ3n) is 3.43. The number of thiazole rings is 1. The van der Waals surface area contributed by atoms with Crippen LogP contribution in [-0.2, 0) is 19.1 Å². The zero-order valence-corrected chi connectivity index (χ0v) is 15.7. The molecule has 1 heterocycles. The molecule has 0 aliphatic carbocycles. The van der Waals surface area contributed by atoms with Gasteiger partial charge in [-0.1, -0.05) is 12.1 Å². The van der Waals surface area contributed by atoms with Gasteiger partial charge in [0.2, 0.25) is 0 Å². The van der Waals surface area contributed by atoms with Crippen molar-refractivity contribution < 1.29 is 26.7 Å². The topological polar surface area (TPSA) is 58.5 Å². The third-order valence-corrected chi connectivity index (χ3v) is 4.34. The number of guanidine groups is 1. The largest absolute Gasteiger partial charge is 0.488 e. The van der Waals surface area contributed by atoms with Crippen LogP contribution in [0.15, 0.2) is 34.6 Å². The van der Waals surface area contributed by atoms with Crippen LogP contribution in [-0.4, -0.2) is 37.6 Å². The molecule has 0 atom stereocenters. The van der Waals surface area contributed by atoms with E-state index < -0.39 is 24.9 Å². The molecular formula is C17H19F5N4OS. The van der Waals surface area contributed by atoms with Crippen LogP contribution < -0.4 is 15.4 Å². The second-order valence-electron chi connectivity index (χ2n) is 5.58. The van der Waals surface area contributed by atoms with Crippen LogP contribution in [0.1, 0.15) is 16.3 Å². The average Bonchev–Trinajstić information content (AvgIpc) is 3.12. The van der Waals surface area contributed by atoms with Gasteiger partial charge in [0.05, 0.1) is 5.01 Å². The average molecular weight is 422 g/mol. The number of rotatable bonds is 8. The third kappa shape index (κ3) is 7.29. The van der Waals surface area contributed by atoms with Crippen molar-refractivity contribution >= 4 is 17.3 Å². The zero-order valence-electron chi connectivity index (χ0n) is 14.9. The van der Waals surface area contributed by atoms with Gasteiger partial charge in [-0.05, 0) is 17.7 Å². The van der Waals surface area contributed by atoms with E-state index in [9.17, 15) is 22.0 Å². The van der Waals surface area contributed by atoms with Crippen LogP contribution in [0.5, 0.6) is 5.75 Å². The Kier molecular flexibility index (Phi) is 7.97. The standard InChI is InChI=1S/C17H19F5N4OS/c1-23-16(24-6-5-15-26-13(10-28-15)17(20,21)22)25-8-11-3-2-4-12(7-11)27-9-14(18)19/h2-4,7,10,14H,5-6,8-9H2,1H3,(H2,23,24,25). The van der Waals surface area contributed by atoms with Gasteiger partial charge in [-0.15, -0.1) is 11.3 Å². The minimum absolute atomic E-state index is 0.318. The number of benzene rings is 1. The van der Waals surface area contributed by atoms with E-state index in [0.29, 0.717) is 36.2 Å². The highest BCUT2D eigenvalue weighted by molar-refractivity contribution is 7.09. The van der Waals surface area contributed by atoms with Crippen molar-refractivity contribution in [2.45, 2.75) is 25.6 Å². The van der Waals surface area contributed by atoms with Crippen LogP contribution >= 0.6 is 11.3 Å². The summed E-state index contributed by atoms with van der Waals surface area (Å²) in [5.74, 6) is 0.790. The monoisotopic (exact) mass is 422 g/mol. The molecule has 2 N–H and O–H groups in total. The van der Waals surface area contributed by atoms with Crippen LogP contribution in [0.3, 0.4) is 0 Å². The molecule has 2 aromatic rings. The molecule has 0 bridgehead atoms. The molecule has 0 aliphatic heterocycles. The number of hydrogen-bond donors (Lipinski definition) is 2. The number of aromatic nitrogens is 1. The van der Waals surface area contributed by atoms with Crippen molar-refractivity contribution in [1.82, 2.24) is 15.6 Å². The van der Waals surface area contributed by atoms with Gasteiger partial charge in [-0.25, -0.2) is 13.8 Å². The first-order valence-corrected chi connectivity index (χ1v) is 9.12. The van der Waals surface area contributed by atoms with Crippen molar-refractivity contribution in [3.05, 3.63) is 45.9 Å². The number of halogens is 5. The van der Waals surface area contributed by atoms with Crippen molar-refractivity contribution in [1.29, 1.82) is 0 Å². The first-order chi connectivity index (χ1) is 13.3. The van der Waals surface area contributed by atoms with Gasteiger partial charge in [0.1, 0.15) is 12.4 Å². The Morgan fingerprint density at radius 2 is 2.07 bits per heavy atom. The second kappa shape index (κ2) is 10.2. The van der Waals surface area contributed by atoms with Gasteiger partial charge < -0.3 is 15.4 Å². The molecule has 154 valence electrons. The molecular weight excluding hydrogens is 403 g/mol. The van der Waals surface area contributed by atoms with E-state index in [1.54, 1.807) is 31.3 Å². The molecule has 1 aromatic heterocycles. The minimum Gasteiger partial charge on any atom is -0.488 e. The van der Waals surface area contributed by atoms with E-state index in [4.69, 9.17) is 4.74 Å². The zero-order chi connectivity index (χ0) is 20.6. The first kappa shape index (κ1) is 21.9. The summed E-state index contributed by atoms with van der Waals surface area (Å²) in [5, 5.41) is 7.38. The predicted molar refractivity (Wildman–Crippen MR) is 97.0 cm³/mol. The normalized spacial score (nSPS) is 12.3. The molecule has 1 aromatic carbocycles. The summed E-state index contributed by atoms with van der Waals surface area (Å²) in [4.78, 5) is 7.59. The van der Waals surface area contributed by atoms with E-state index in [-0.39, 0.29) is 0 Å². The van der Waals surface area contributed by atoms with Gasteiger partial charge in [0, 0.05) is 31.9 Å². The Bertz CT molecular complexity index is 779. The Hall–Kier alpha value is -2.43. The van der Waals surface area contributed by atoms with Gasteiger partial charge in [-0.3, -0.25) is 4.99 Å². The number of nitrogens with one attached hydrogen (secondary N) is 2. The molecule has 0 radical (unpaired) electrons. The smallest absolute Gasteiger partial charge is 0.434 e. The highest BCUT2D eigenvalue weighted by Gasteiger charge is 2.33. The van der Waals surface area contributed by atoms with Crippen molar-refractivity contribution in [3.63, 3.8) is 0 Å². The maximum absolute atomic E-state index is 12.5. The molecule has 28 heavy (non-hydrogen) atoms. The lowest BCUT2D eigenvalue weighted by Crippen LogP contribution is -2.37. The highest BCUT2D eigenvalue weighted by Crippen LogP contribution is 2.30. The first-order valence-electron chi connectivity index (χ1n) is 8.24. The number of alkyl halides is 5. The van der Waals surface area contributed by atoms with Gasteiger partial charge in [-0.2, -0.15) is 13.2 Å². The lowest BCUT2D eigenvalue weighted by Gasteiger charge is -2.12. The molecule has 0 spiro atoms. The van der Waals surface area contributed by atoms with Crippen LogP contribution in [0.4, 0.5) is 22.0 Å². The SMILES string of the molecule is CN=C(NCCc1nc(C(F)(F)F)cs1)NCc1cccc(OCC(F)F)c1. The Morgan fingerprint density at radius 3 is 2.71 bits per heavy atom. The Labute approximate surface area is 162 Å². The summed E-state index contributed by atoms with van der Waals surface area (Å²) in [6.45, 7) is 0.0377. The van der Waals surface area contributed by atoms with E-state index in [0.717, 1.165) is 22.3 Å². The summed E-state index contributed by atoms with van der Waals surface area (Å²) >= 11 is 0.955. The Balaban J connectivity index is 1.78. The van der Waals surface area contributed by atoms with E-state index in [2.05, 4.69) is 20.6 Å². The summed E-state index contributed by atoms with van der Waals surface area (Å²) in [6.07, 6.45) is -6.67. The van der Waals surface area contributed by atoms with E-state index >= 15 is 0 Å². The maximum Gasteiger partial charge on any atom is 0.434 e. The van der Waals surface area contributed by atoms with Crippen molar-refractivity contribution in [2.24, 2.45) is 4.99 Å². The fraction of sp³-hybridized carbons (Fsp3) is 0.412. The molecule has 0 amide bonds. The number of hydrogen-bond acceptors (Lipinski definition) is 4. The second-order valence-corrected chi connectivity index (χ2v) is 6.52. The van der Waals surface area contributed by atoms with E-state index in [1.807, 2.05) is 0 Å². The Morgan fingerprint density at radius 1 is 1.29 bits per heavy atom. The predicted octanol–water partition coefficient (Wildman–Crippen LogP) is 3.71. The van der Waals surface area contributed by atoms with E-state index in [1.165, 1.54) is 0 Å². The summed E-state index contributed by atoms with van der Waals surface area (Å²) < 4.78 is 67.0. The summed E-state index contributed by atoms with van der Waals surface area (Å²) in [5.41, 5.74) is -0.0894. The van der Waals surface area contributed by atoms with Gasteiger partial charge in [0.15, 0.2) is 11.7 Å². The molecule has 0 aliphatic rings. The van der Waals surface area contributed by atoms with Gasteiger partial charge in [0.25, 0.3) is 6.43 Å². The summed E-state index contributed by atoms with van der Waals surface area (Å²) in [6, 6.07) is 6.71. The quantitative estimate of drug-likeness (QED) is 0.387. The number of aliphatic imine (C=N–C) groups is 1. The molecule has 0 fully saturated rings. The molecule has 2 rings (SSSR count).